The Labute approximate surface area is 98.3 Å². The normalized spacial score (nSPS) is 16.4. The van der Waals surface area contributed by atoms with Gasteiger partial charge in [-0.1, -0.05) is 6.07 Å². The molecule has 0 N–H and O–H groups in total. The molecule has 0 radical (unpaired) electrons. The van der Waals surface area contributed by atoms with Crippen molar-refractivity contribution < 1.29 is 4.74 Å². The molecule has 1 saturated heterocycles. The molecule has 2 aromatic rings. The molecule has 1 fully saturated rings. The zero-order valence-electron chi connectivity index (χ0n) is 9.37. The third-order valence-corrected chi connectivity index (χ3v) is 2.89. The second-order valence-electron chi connectivity index (χ2n) is 3.98. The Kier molecular flexibility index (Phi) is 2.53. The second kappa shape index (κ2) is 4.18. The molecule has 2 aromatic heterocycles. The Morgan fingerprint density at radius 3 is 2.88 bits per heavy atom. The van der Waals surface area contributed by atoms with Crippen LogP contribution in [0.1, 0.15) is 0 Å². The van der Waals surface area contributed by atoms with Crippen LogP contribution in [0.15, 0.2) is 35.3 Å². The van der Waals surface area contributed by atoms with Crippen LogP contribution >= 0.6 is 0 Å². The number of aromatic nitrogens is 2. The molecule has 5 heteroatoms. The van der Waals surface area contributed by atoms with E-state index in [0.717, 1.165) is 18.9 Å². The van der Waals surface area contributed by atoms with Gasteiger partial charge in [0.25, 0.3) is 5.56 Å². The topological polar surface area (TPSA) is 46.8 Å². The van der Waals surface area contributed by atoms with Crippen molar-refractivity contribution in [2.45, 2.75) is 0 Å². The van der Waals surface area contributed by atoms with Gasteiger partial charge in [-0.25, -0.2) is 4.98 Å². The predicted octanol–water partition coefficient (Wildman–Crippen LogP) is 0.531. The van der Waals surface area contributed by atoms with Gasteiger partial charge in [0.1, 0.15) is 11.5 Å². The molecule has 0 amide bonds. The summed E-state index contributed by atoms with van der Waals surface area (Å²) >= 11 is 0. The van der Waals surface area contributed by atoms with Crippen molar-refractivity contribution in [1.29, 1.82) is 0 Å². The van der Waals surface area contributed by atoms with Crippen molar-refractivity contribution in [2.24, 2.45) is 0 Å². The molecule has 17 heavy (non-hydrogen) atoms. The summed E-state index contributed by atoms with van der Waals surface area (Å²) < 4.78 is 6.83. The van der Waals surface area contributed by atoms with Crippen LogP contribution in [0.4, 0.5) is 5.82 Å². The van der Waals surface area contributed by atoms with Crippen LogP contribution in [0.25, 0.3) is 5.65 Å². The monoisotopic (exact) mass is 231 g/mol. The highest BCUT2D eigenvalue weighted by molar-refractivity contribution is 5.48. The van der Waals surface area contributed by atoms with Crippen molar-refractivity contribution in [3.63, 3.8) is 0 Å². The smallest absolute Gasteiger partial charge is 0.259 e. The number of morpholine rings is 1. The molecule has 1 aliphatic heterocycles. The molecule has 3 rings (SSSR count). The molecular formula is C12H13N3O2. The van der Waals surface area contributed by atoms with E-state index in [0.29, 0.717) is 18.9 Å². The number of pyridine rings is 1. The first-order chi connectivity index (χ1) is 8.34. The van der Waals surface area contributed by atoms with Crippen molar-refractivity contribution >= 4 is 11.5 Å². The largest absolute Gasteiger partial charge is 0.378 e. The zero-order chi connectivity index (χ0) is 11.7. The Bertz CT molecular complexity index is 588. The standard InChI is InChI=1S/C12H13N3O2/c16-12-9-11(14-5-7-17-8-6-14)13-10-3-1-2-4-15(10)12/h1-4,9H,5-8H2. The number of nitrogens with zero attached hydrogens (tertiary/aromatic N) is 3. The van der Waals surface area contributed by atoms with Gasteiger partial charge in [-0.3, -0.25) is 9.20 Å². The van der Waals surface area contributed by atoms with Crippen LogP contribution in [0.2, 0.25) is 0 Å². The molecule has 0 unspecified atom stereocenters. The fourth-order valence-corrected chi connectivity index (χ4v) is 2.00. The zero-order valence-corrected chi connectivity index (χ0v) is 9.37. The van der Waals surface area contributed by atoms with E-state index in [1.165, 1.54) is 0 Å². The predicted molar refractivity (Wildman–Crippen MR) is 64.5 cm³/mol. The summed E-state index contributed by atoms with van der Waals surface area (Å²) in [6.07, 6.45) is 1.73. The lowest BCUT2D eigenvalue weighted by Gasteiger charge is -2.27. The minimum Gasteiger partial charge on any atom is -0.378 e. The molecule has 0 aromatic carbocycles. The highest BCUT2D eigenvalue weighted by atomic mass is 16.5. The molecule has 3 heterocycles. The fourth-order valence-electron chi connectivity index (χ4n) is 2.00. The Morgan fingerprint density at radius 1 is 1.24 bits per heavy atom. The van der Waals surface area contributed by atoms with Gasteiger partial charge in [-0.05, 0) is 12.1 Å². The maximum absolute atomic E-state index is 11.9. The SMILES string of the molecule is O=c1cc(N2CCOCC2)nc2ccccn12. The van der Waals surface area contributed by atoms with E-state index in [4.69, 9.17) is 4.74 Å². The third kappa shape index (κ3) is 1.89. The highest BCUT2D eigenvalue weighted by Gasteiger charge is 2.13. The Morgan fingerprint density at radius 2 is 2.06 bits per heavy atom. The van der Waals surface area contributed by atoms with Crippen LogP contribution in [-0.2, 0) is 4.74 Å². The Balaban J connectivity index is 2.08. The van der Waals surface area contributed by atoms with Crippen LogP contribution < -0.4 is 10.5 Å². The van der Waals surface area contributed by atoms with Gasteiger partial charge < -0.3 is 9.64 Å². The van der Waals surface area contributed by atoms with E-state index in [1.807, 2.05) is 18.2 Å². The molecule has 5 nitrogen and oxygen atoms in total. The average Bonchev–Trinajstić information content (AvgIpc) is 2.40. The number of rotatable bonds is 1. The van der Waals surface area contributed by atoms with Gasteiger partial charge >= 0.3 is 0 Å². The van der Waals surface area contributed by atoms with Crippen LogP contribution in [0, 0.1) is 0 Å². The summed E-state index contributed by atoms with van der Waals surface area (Å²) in [5.74, 6) is 0.740. The molecule has 0 bridgehead atoms. The number of fused-ring (bicyclic) bond motifs is 1. The first-order valence-corrected chi connectivity index (χ1v) is 5.66. The van der Waals surface area contributed by atoms with Gasteiger partial charge in [0, 0.05) is 25.4 Å². The lowest BCUT2D eigenvalue weighted by Crippen LogP contribution is -2.37. The molecule has 0 spiro atoms. The lowest BCUT2D eigenvalue weighted by atomic mass is 10.4. The quantitative estimate of drug-likeness (QED) is 0.718. The number of hydrogen-bond donors (Lipinski definition) is 0. The molecule has 0 atom stereocenters. The molecular weight excluding hydrogens is 218 g/mol. The maximum atomic E-state index is 11.9. The third-order valence-electron chi connectivity index (χ3n) is 2.89. The number of ether oxygens (including phenoxy) is 1. The van der Waals surface area contributed by atoms with Gasteiger partial charge in [0.15, 0.2) is 0 Å². The molecule has 0 saturated carbocycles. The number of anilines is 1. The summed E-state index contributed by atoms with van der Waals surface area (Å²) in [7, 11) is 0. The van der Waals surface area contributed by atoms with Crippen LogP contribution in [0.3, 0.4) is 0 Å². The summed E-state index contributed by atoms with van der Waals surface area (Å²) in [5.41, 5.74) is 0.638. The van der Waals surface area contributed by atoms with E-state index in [-0.39, 0.29) is 5.56 Å². The van der Waals surface area contributed by atoms with E-state index in [9.17, 15) is 4.79 Å². The van der Waals surface area contributed by atoms with E-state index < -0.39 is 0 Å². The highest BCUT2D eigenvalue weighted by Crippen LogP contribution is 2.11. The fraction of sp³-hybridized carbons (Fsp3) is 0.333. The molecule has 88 valence electrons. The minimum atomic E-state index is -0.0444. The van der Waals surface area contributed by atoms with Crippen molar-refractivity contribution in [3.8, 4) is 0 Å². The second-order valence-corrected chi connectivity index (χ2v) is 3.98. The summed E-state index contributed by atoms with van der Waals surface area (Å²) in [4.78, 5) is 18.5. The van der Waals surface area contributed by atoms with Gasteiger partial charge in [-0.15, -0.1) is 0 Å². The average molecular weight is 231 g/mol. The first-order valence-electron chi connectivity index (χ1n) is 5.66. The first kappa shape index (κ1) is 10.3. The van der Waals surface area contributed by atoms with Crippen molar-refractivity contribution in [2.75, 3.05) is 31.2 Å². The molecule has 0 aliphatic carbocycles. The van der Waals surface area contributed by atoms with Crippen molar-refractivity contribution in [3.05, 3.63) is 40.8 Å². The summed E-state index contributed by atoms with van der Waals surface area (Å²) in [6.45, 7) is 2.95. The van der Waals surface area contributed by atoms with E-state index in [1.54, 1.807) is 16.7 Å². The van der Waals surface area contributed by atoms with Gasteiger partial charge in [0.2, 0.25) is 0 Å². The van der Waals surface area contributed by atoms with Crippen LogP contribution in [-0.4, -0.2) is 35.7 Å². The maximum Gasteiger partial charge on any atom is 0.259 e. The van der Waals surface area contributed by atoms with Gasteiger partial charge in [-0.2, -0.15) is 0 Å². The lowest BCUT2D eigenvalue weighted by molar-refractivity contribution is 0.122. The van der Waals surface area contributed by atoms with E-state index in [2.05, 4.69) is 9.88 Å². The Hall–Kier alpha value is -1.88. The van der Waals surface area contributed by atoms with Crippen LogP contribution in [0.5, 0.6) is 0 Å². The molecule has 1 aliphatic rings. The van der Waals surface area contributed by atoms with Gasteiger partial charge in [0.05, 0.1) is 13.2 Å². The van der Waals surface area contributed by atoms with E-state index >= 15 is 0 Å². The summed E-state index contributed by atoms with van der Waals surface area (Å²) in [6, 6.07) is 7.12. The number of hydrogen-bond acceptors (Lipinski definition) is 4. The summed E-state index contributed by atoms with van der Waals surface area (Å²) in [5, 5.41) is 0. The van der Waals surface area contributed by atoms with Crippen molar-refractivity contribution in [1.82, 2.24) is 9.38 Å². The minimum absolute atomic E-state index is 0.0444.